The summed E-state index contributed by atoms with van der Waals surface area (Å²) in [5.74, 6) is 0. The van der Waals surface area contributed by atoms with Gasteiger partial charge in [0.1, 0.15) is 0 Å². The molecule has 18 heavy (non-hydrogen) atoms. The molecule has 3 nitrogen and oxygen atoms in total. The average molecular weight is 241 g/mol. The number of nitrogens with one attached hydrogen (secondary N) is 1. The standard InChI is InChI=1S/C15H19N3/c1-2-18(14-9-16-10-14)11-12-5-6-15-13(8-12)4-3-7-17-15/h3-8,14,16H,2,9-11H2,1H3. The van der Waals surface area contributed by atoms with Gasteiger partial charge in [0.25, 0.3) is 0 Å². The van der Waals surface area contributed by atoms with Gasteiger partial charge in [0.15, 0.2) is 0 Å². The maximum atomic E-state index is 4.36. The van der Waals surface area contributed by atoms with Crippen LogP contribution in [0.2, 0.25) is 0 Å². The van der Waals surface area contributed by atoms with Crippen LogP contribution in [-0.4, -0.2) is 35.6 Å². The van der Waals surface area contributed by atoms with Gasteiger partial charge in [-0.1, -0.05) is 19.1 Å². The molecule has 0 spiro atoms. The van der Waals surface area contributed by atoms with Crippen LogP contribution in [0.3, 0.4) is 0 Å². The van der Waals surface area contributed by atoms with E-state index in [4.69, 9.17) is 0 Å². The third kappa shape index (κ3) is 2.24. The van der Waals surface area contributed by atoms with E-state index in [9.17, 15) is 0 Å². The molecule has 1 saturated heterocycles. The van der Waals surface area contributed by atoms with Gasteiger partial charge in [0.2, 0.25) is 0 Å². The van der Waals surface area contributed by atoms with Gasteiger partial charge in [-0.15, -0.1) is 0 Å². The molecule has 3 heteroatoms. The Morgan fingerprint density at radius 2 is 2.22 bits per heavy atom. The summed E-state index contributed by atoms with van der Waals surface area (Å²) in [5.41, 5.74) is 2.46. The van der Waals surface area contributed by atoms with E-state index in [-0.39, 0.29) is 0 Å². The summed E-state index contributed by atoms with van der Waals surface area (Å²) in [4.78, 5) is 6.90. The SMILES string of the molecule is CCN(Cc1ccc2ncccc2c1)C1CNC1. The minimum atomic E-state index is 0.708. The van der Waals surface area contributed by atoms with E-state index in [1.54, 1.807) is 0 Å². The molecular formula is C15H19N3. The van der Waals surface area contributed by atoms with Gasteiger partial charge >= 0.3 is 0 Å². The van der Waals surface area contributed by atoms with Crippen molar-refractivity contribution in [3.8, 4) is 0 Å². The van der Waals surface area contributed by atoms with E-state index in [1.165, 1.54) is 10.9 Å². The molecule has 1 aromatic carbocycles. The van der Waals surface area contributed by atoms with E-state index >= 15 is 0 Å². The molecule has 0 unspecified atom stereocenters. The van der Waals surface area contributed by atoms with Gasteiger partial charge in [-0.25, -0.2) is 0 Å². The van der Waals surface area contributed by atoms with Crippen molar-refractivity contribution in [1.29, 1.82) is 0 Å². The molecule has 0 aliphatic carbocycles. The van der Waals surface area contributed by atoms with E-state index < -0.39 is 0 Å². The van der Waals surface area contributed by atoms with Crippen molar-refractivity contribution in [3.63, 3.8) is 0 Å². The van der Waals surface area contributed by atoms with Crippen LogP contribution in [0.4, 0.5) is 0 Å². The smallest absolute Gasteiger partial charge is 0.0702 e. The summed E-state index contributed by atoms with van der Waals surface area (Å²) in [6.07, 6.45) is 1.85. The Bertz CT molecular complexity index is 534. The van der Waals surface area contributed by atoms with Crippen LogP contribution >= 0.6 is 0 Å². The van der Waals surface area contributed by atoms with Crippen molar-refractivity contribution < 1.29 is 0 Å². The fourth-order valence-corrected chi connectivity index (χ4v) is 2.49. The molecular weight excluding hydrogens is 222 g/mol. The zero-order valence-electron chi connectivity index (χ0n) is 10.8. The Morgan fingerprint density at radius 3 is 2.94 bits per heavy atom. The zero-order chi connectivity index (χ0) is 12.4. The maximum absolute atomic E-state index is 4.36. The number of likely N-dealkylation sites (N-methyl/N-ethyl adjacent to an activating group) is 1. The van der Waals surface area contributed by atoms with Gasteiger partial charge in [-0.2, -0.15) is 0 Å². The highest BCUT2D eigenvalue weighted by Crippen LogP contribution is 2.16. The summed E-state index contributed by atoms with van der Waals surface area (Å²) in [7, 11) is 0. The Labute approximate surface area is 108 Å². The number of nitrogens with zero attached hydrogens (tertiary/aromatic N) is 2. The fraction of sp³-hybridized carbons (Fsp3) is 0.400. The van der Waals surface area contributed by atoms with Crippen LogP contribution in [0.1, 0.15) is 12.5 Å². The van der Waals surface area contributed by atoms with Crippen molar-refractivity contribution in [2.24, 2.45) is 0 Å². The molecule has 3 rings (SSSR count). The number of aromatic nitrogens is 1. The van der Waals surface area contributed by atoms with E-state index in [1.807, 2.05) is 12.3 Å². The van der Waals surface area contributed by atoms with Crippen LogP contribution in [0.15, 0.2) is 36.5 Å². The second kappa shape index (κ2) is 5.04. The zero-order valence-corrected chi connectivity index (χ0v) is 10.8. The maximum Gasteiger partial charge on any atom is 0.0702 e. The highest BCUT2D eigenvalue weighted by atomic mass is 15.2. The first-order valence-electron chi connectivity index (χ1n) is 6.65. The topological polar surface area (TPSA) is 28.2 Å². The third-order valence-electron chi connectivity index (χ3n) is 3.74. The Hall–Kier alpha value is -1.45. The molecule has 1 aliphatic heterocycles. The molecule has 1 aromatic heterocycles. The molecule has 0 atom stereocenters. The predicted octanol–water partition coefficient (Wildman–Crippen LogP) is 2.03. The van der Waals surface area contributed by atoms with Crippen molar-refractivity contribution in [2.45, 2.75) is 19.5 Å². The van der Waals surface area contributed by atoms with Crippen LogP contribution in [0, 0.1) is 0 Å². The monoisotopic (exact) mass is 241 g/mol. The number of benzene rings is 1. The molecule has 94 valence electrons. The minimum absolute atomic E-state index is 0.708. The van der Waals surface area contributed by atoms with Gasteiger partial charge in [0, 0.05) is 37.3 Å². The lowest BCUT2D eigenvalue weighted by atomic mass is 10.1. The van der Waals surface area contributed by atoms with E-state index in [2.05, 4.69) is 46.4 Å². The van der Waals surface area contributed by atoms with Crippen LogP contribution in [0.25, 0.3) is 10.9 Å². The first kappa shape index (κ1) is 11.6. The number of pyridine rings is 1. The summed E-state index contributed by atoms with van der Waals surface area (Å²) < 4.78 is 0. The molecule has 1 fully saturated rings. The normalized spacial score (nSPS) is 16.1. The van der Waals surface area contributed by atoms with Gasteiger partial charge in [0.05, 0.1) is 5.52 Å². The largest absolute Gasteiger partial charge is 0.314 e. The quantitative estimate of drug-likeness (QED) is 0.887. The molecule has 1 aliphatic rings. The average Bonchev–Trinajstić information content (AvgIpc) is 2.35. The number of hydrogen-bond donors (Lipinski definition) is 1. The summed E-state index contributed by atoms with van der Waals surface area (Å²) in [6.45, 7) is 6.64. The third-order valence-corrected chi connectivity index (χ3v) is 3.74. The summed E-state index contributed by atoms with van der Waals surface area (Å²) in [6, 6.07) is 11.4. The predicted molar refractivity (Wildman–Crippen MR) is 74.5 cm³/mol. The van der Waals surface area contributed by atoms with E-state index in [0.717, 1.165) is 31.7 Å². The van der Waals surface area contributed by atoms with Crippen molar-refractivity contribution in [2.75, 3.05) is 19.6 Å². The molecule has 0 saturated carbocycles. The molecule has 0 bridgehead atoms. The van der Waals surface area contributed by atoms with Crippen molar-refractivity contribution >= 4 is 10.9 Å². The van der Waals surface area contributed by atoms with E-state index in [0.29, 0.717) is 6.04 Å². The Kier molecular flexibility index (Phi) is 3.26. The van der Waals surface area contributed by atoms with Crippen molar-refractivity contribution in [1.82, 2.24) is 15.2 Å². The van der Waals surface area contributed by atoms with Gasteiger partial charge < -0.3 is 5.32 Å². The van der Waals surface area contributed by atoms with Gasteiger partial charge in [-0.05, 0) is 30.3 Å². The van der Waals surface area contributed by atoms with Crippen molar-refractivity contribution in [3.05, 3.63) is 42.1 Å². The lowest BCUT2D eigenvalue weighted by Crippen LogP contribution is -2.56. The highest BCUT2D eigenvalue weighted by molar-refractivity contribution is 5.78. The van der Waals surface area contributed by atoms with Crippen LogP contribution in [-0.2, 0) is 6.54 Å². The lowest BCUT2D eigenvalue weighted by molar-refractivity contribution is 0.145. The molecule has 2 heterocycles. The molecule has 2 aromatic rings. The highest BCUT2D eigenvalue weighted by Gasteiger charge is 2.23. The molecule has 1 N–H and O–H groups in total. The Morgan fingerprint density at radius 1 is 1.33 bits per heavy atom. The Balaban J connectivity index is 1.80. The fourth-order valence-electron chi connectivity index (χ4n) is 2.49. The number of fused-ring (bicyclic) bond motifs is 1. The first-order chi connectivity index (χ1) is 8.86. The number of rotatable bonds is 4. The van der Waals surface area contributed by atoms with Gasteiger partial charge in [-0.3, -0.25) is 9.88 Å². The molecule has 0 amide bonds. The van der Waals surface area contributed by atoms with Crippen LogP contribution < -0.4 is 5.32 Å². The lowest BCUT2D eigenvalue weighted by Gasteiger charge is -2.37. The second-order valence-corrected chi connectivity index (χ2v) is 4.91. The number of hydrogen-bond acceptors (Lipinski definition) is 3. The summed E-state index contributed by atoms with van der Waals surface area (Å²) in [5, 5.41) is 4.57. The second-order valence-electron chi connectivity index (χ2n) is 4.91. The minimum Gasteiger partial charge on any atom is -0.314 e. The first-order valence-corrected chi connectivity index (χ1v) is 6.65. The summed E-state index contributed by atoms with van der Waals surface area (Å²) >= 11 is 0. The molecule has 0 radical (unpaired) electrons. The van der Waals surface area contributed by atoms with Crippen LogP contribution in [0.5, 0.6) is 0 Å².